The van der Waals surface area contributed by atoms with Crippen molar-refractivity contribution in [3.63, 3.8) is 0 Å². The van der Waals surface area contributed by atoms with Crippen LogP contribution in [-0.2, 0) is 11.3 Å². The lowest BCUT2D eigenvalue weighted by molar-refractivity contribution is -0.883. The van der Waals surface area contributed by atoms with E-state index in [0.29, 0.717) is 12.5 Å². The molecule has 0 bridgehead atoms. The number of hydrogen-bond donors (Lipinski definition) is 0. The van der Waals surface area contributed by atoms with Gasteiger partial charge in [-0.15, -0.1) is 0 Å². The quantitative estimate of drug-likeness (QED) is 0.0748. The maximum Gasteiger partial charge on any atom is 0.277 e. The van der Waals surface area contributed by atoms with Gasteiger partial charge in [-0.25, -0.2) is 4.98 Å². The van der Waals surface area contributed by atoms with Gasteiger partial charge in [-0.05, 0) is 67.1 Å². The molecular weight excluding hydrogens is 646 g/mol. The number of carbonyl (C=O) groups is 1. The van der Waals surface area contributed by atoms with Crippen molar-refractivity contribution in [1.82, 2.24) is 14.5 Å². The summed E-state index contributed by atoms with van der Waals surface area (Å²) in [5, 5.41) is 4.99. The van der Waals surface area contributed by atoms with Crippen molar-refractivity contribution in [2.75, 3.05) is 59.3 Å². The molecule has 47 heavy (non-hydrogen) atoms. The van der Waals surface area contributed by atoms with E-state index in [9.17, 15) is 4.79 Å². The number of aromatic nitrogens is 2. The Balaban J connectivity index is 0.00000500. The standard InChI is InChI=1S/C40H54N5O.BrH/c1-7-9-26-43(27-10-8-2)37(46)30-45(5,6)29-17-11-16-28-44-39-36-21-15-13-19-34(36)33-18-12-14-20-35(33)38(39)41-40(44)31-22-24-32(25-23-31)42(3)4;/h12-15,18-25H,7-11,16-17,26-30H2,1-6H3;1H/q+1;/p-1. The normalized spacial score (nSPS) is 11.7. The Kier molecular flexibility index (Phi) is 12.9. The summed E-state index contributed by atoms with van der Waals surface area (Å²) in [4.78, 5) is 22.9. The second-order valence-corrected chi connectivity index (χ2v) is 13.8. The third-order valence-electron chi connectivity index (χ3n) is 9.39. The minimum Gasteiger partial charge on any atom is -1.00 e. The molecule has 7 heteroatoms. The Morgan fingerprint density at radius 1 is 0.745 bits per heavy atom. The first-order chi connectivity index (χ1) is 22.2. The first-order valence-electron chi connectivity index (χ1n) is 17.4. The molecule has 0 saturated carbocycles. The van der Waals surface area contributed by atoms with E-state index in [0.717, 1.165) is 92.5 Å². The lowest BCUT2D eigenvalue weighted by Crippen LogP contribution is -3.00. The van der Waals surface area contributed by atoms with Gasteiger partial charge in [0.1, 0.15) is 5.82 Å². The highest BCUT2D eigenvalue weighted by Gasteiger charge is 2.24. The van der Waals surface area contributed by atoms with E-state index in [1.807, 2.05) is 0 Å². The molecule has 5 aromatic rings. The lowest BCUT2D eigenvalue weighted by Gasteiger charge is -2.32. The van der Waals surface area contributed by atoms with E-state index in [4.69, 9.17) is 4.98 Å². The summed E-state index contributed by atoms with van der Waals surface area (Å²) in [6.07, 6.45) is 7.66. The van der Waals surface area contributed by atoms with Gasteiger partial charge in [0, 0.05) is 55.8 Å². The van der Waals surface area contributed by atoms with Gasteiger partial charge in [-0.2, -0.15) is 0 Å². The molecule has 1 aromatic heterocycles. The first kappa shape index (κ1) is 36.4. The third kappa shape index (κ3) is 8.55. The van der Waals surface area contributed by atoms with Crippen LogP contribution >= 0.6 is 0 Å². The minimum absolute atomic E-state index is 0. The van der Waals surface area contributed by atoms with E-state index >= 15 is 0 Å². The number of nitrogens with zero attached hydrogens (tertiary/aromatic N) is 5. The number of aryl methyl sites for hydroxylation is 1. The van der Waals surface area contributed by atoms with E-state index in [1.165, 1.54) is 32.7 Å². The molecule has 5 rings (SSSR count). The van der Waals surface area contributed by atoms with Crippen LogP contribution in [0.3, 0.4) is 0 Å². The minimum atomic E-state index is 0. The zero-order valence-corrected chi connectivity index (χ0v) is 31.0. The smallest absolute Gasteiger partial charge is 0.277 e. The molecule has 4 aromatic carbocycles. The van der Waals surface area contributed by atoms with Gasteiger partial charge >= 0.3 is 0 Å². The van der Waals surface area contributed by atoms with Crippen molar-refractivity contribution >= 4 is 44.2 Å². The molecule has 0 N–H and O–H groups in total. The lowest BCUT2D eigenvalue weighted by atomic mass is 10.00. The number of likely N-dealkylation sites (N-methyl/N-ethyl adjacent to an activating group) is 1. The second-order valence-electron chi connectivity index (χ2n) is 13.8. The number of imidazole rings is 1. The Bertz CT molecular complexity index is 1750. The second kappa shape index (κ2) is 16.6. The van der Waals surface area contributed by atoms with Gasteiger partial charge in [-0.1, -0.05) is 75.2 Å². The van der Waals surface area contributed by atoms with E-state index in [1.54, 1.807) is 0 Å². The topological polar surface area (TPSA) is 41.4 Å². The van der Waals surface area contributed by atoms with Gasteiger partial charge in [-0.3, -0.25) is 4.79 Å². The molecule has 1 heterocycles. The van der Waals surface area contributed by atoms with E-state index < -0.39 is 0 Å². The highest BCUT2D eigenvalue weighted by Crippen LogP contribution is 2.37. The summed E-state index contributed by atoms with van der Waals surface area (Å²) in [5.74, 6) is 1.34. The fourth-order valence-electron chi connectivity index (χ4n) is 6.70. The molecule has 0 fully saturated rings. The van der Waals surface area contributed by atoms with Crippen LogP contribution in [0.15, 0.2) is 72.8 Å². The number of benzene rings is 4. The number of carbonyl (C=O) groups excluding carboxylic acids is 1. The van der Waals surface area contributed by atoms with Crippen LogP contribution in [-0.4, -0.2) is 79.2 Å². The molecule has 0 aliphatic carbocycles. The summed E-state index contributed by atoms with van der Waals surface area (Å²) in [6, 6.07) is 26.2. The van der Waals surface area contributed by atoms with Gasteiger partial charge in [0.2, 0.25) is 0 Å². The zero-order valence-electron chi connectivity index (χ0n) is 29.4. The van der Waals surface area contributed by atoms with Gasteiger partial charge < -0.3 is 35.8 Å². The fraction of sp³-hybridized carbons (Fsp3) is 0.450. The number of amides is 1. The first-order valence-corrected chi connectivity index (χ1v) is 17.4. The van der Waals surface area contributed by atoms with Crippen LogP contribution in [0.2, 0.25) is 0 Å². The number of unbranched alkanes of at least 4 members (excludes halogenated alkanes) is 4. The molecule has 0 aliphatic rings. The highest BCUT2D eigenvalue weighted by molar-refractivity contribution is 6.23. The van der Waals surface area contributed by atoms with Crippen molar-refractivity contribution in [1.29, 1.82) is 0 Å². The summed E-state index contributed by atoms with van der Waals surface area (Å²) in [5.41, 5.74) is 4.62. The average Bonchev–Trinajstić information content (AvgIpc) is 3.44. The maximum atomic E-state index is 13.3. The van der Waals surface area contributed by atoms with Crippen molar-refractivity contribution in [2.24, 2.45) is 0 Å². The molecule has 252 valence electrons. The molecule has 0 aliphatic heterocycles. The van der Waals surface area contributed by atoms with Crippen LogP contribution in [0.5, 0.6) is 0 Å². The molecule has 0 radical (unpaired) electrons. The highest BCUT2D eigenvalue weighted by atomic mass is 79.9. The summed E-state index contributed by atoms with van der Waals surface area (Å²) in [6.45, 7) is 8.64. The number of rotatable bonds is 16. The number of anilines is 1. The molecule has 0 unspecified atom stereocenters. The predicted octanol–water partition coefficient (Wildman–Crippen LogP) is 5.76. The molecule has 1 amide bonds. The maximum absolute atomic E-state index is 13.3. The van der Waals surface area contributed by atoms with Gasteiger partial charge in [0.15, 0.2) is 6.54 Å². The van der Waals surface area contributed by atoms with Gasteiger partial charge in [0.05, 0.1) is 31.7 Å². The van der Waals surface area contributed by atoms with Crippen LogP contribution in [0, 0.1) is 0 Å². The summed E-state index contributed by atoms with van der Waals surface area (Å²) >= 11 is 0. The molecule has 0 atom stereocenters. The zero-order chi connectivity index (χ0) is 32.7. The van der Waals surface area contributed by atoms with Crippen LogP contribution in [0.25, 0.3) is 44.0 Å². The van der Waals surface area contributed by atoms with Crippen molar-refractivity contribution in [3.05, 3.63) is 72.8 Å². The predicted molar refractivity (Wildman–Crippen MR) is 197 cm³/mol. The summed E-state index contributed by atoms with van der Waals surface area (Å²) in [7, 11) is 8.58. The molecular formula is C40H54BrN5O. The molecule has 6 nitrogen and oxygen atoms in total. The Hall–Kier alpha value is -3.42. The van der Waals surface area contributed by atoms with Crippen LogP contribution in [0.4, 0.5) is 5.69 Å². The molecule has 0 saturated heterocycles. The number of quaternary nitrogens is 1. The number of hydrogen-bond acceptors (Lipinski definition) is 3. The Morgan fingerprint density at radius 2 is 1.32 bits per heavy atom. The number of fused-ring (bicyclic) bond motifs is 6. The van der Waals surface area contributed by atoms with E-state index in [2.05, 4.69) is 129 Å². The van der Waals surface area contributed by atoms with Crippen molar-refractivity contribution < 1.29 is 26.3 Å². The fourth-order valence-corrected chi connectivity index (χ4v) is 6.70. The van der Waals surface area contributed by atoms with Crippen molar-refractivity contribution in [3.8, 4) is 11.4 Å². The third-order valence-corrected chi connectivity index (χ3v) is 9.39. The van der Waals surface area contributed by atoms with Crippen LogP contribution < -0.4 is 21.9 Å². The van der Waals surface area contributed by atoms with E-state index in [-0.39, 0.29) is 17.0 Å². The largest absolute Gasteiger partial charge is 1.00 e. The Labute approximate surface area is 292 Å². The van der Waals surface area contributed by atoms with Crippen LogP contribution in [0.1, 0.15) is 58.8 Å². The van der Waals surface area contributed by atoms with Crippen molar-refractivity contribution in [2.45, 2.75) is 65.3 Å². The summed E-state index contributed by atoms with van der Waals surface area (Å²) < 4.78 is 3.21. The number of halogens is 1. The SMILES string of the molecule is CCCCN(CCCC)C(=O)C[N+](C)(C)CCCCCn1c(-c2ccc(N(C)C)cc2)nc2c3ccccc3c3ccccc3c21.[Br-]. The molecule has 0 spiro atoms. The average molecular weight is 701 g/mol. The monoisotopic (exact) mass is 699 g/mol. The Morgan fingerprint density at radius 3 is 1.91 bits per heavy atom. The van der Waals surface area contributed by atoms with Gasteiger partial charge in [0.25, 0.3) is 5.91 Å².